The third-order valence-corrected chi connectivity index (χ3v) is 3.20. The van der Waals surface area contributed by atoms with E-state index in [4.69, 9.17) is 11.5 Å². The lowest BCUT2D eigenvalue weighted by Gasteiger charge is -2.06. The summed E-state index contributed by atoms with van der Waals surface area (Å²) in [6.45, 7) is 1.88. The van der Waals surface area contributed by atoms with E-state index in [2.05, 4.69) is 9.97 Å². The number of carbonyl (C=O) groups excluding carboxylic acids is 1. The lowest BCUT2D eigenvalue weighted by molar-refractivity contribution is 0.0997. The summed E-state index contributed by atoms with van der Waals surface area (Å²) < 4.78 is 0. The second-order valence-electron chi connectivity index (χ2n) is 3.70. The zero-order valence-corrected chi connectivity index (χ0v) is 10.6. The first-order chi connectivity index (χ1) is 8.56. The van der Waals surface area contributed by atoms with E-state index in [0.717, 1.165) is 5.69 Å². The maximum Gasteiger partial charge on any atom is 0.249 e. The van der Waals surface area contributed by atoms with E-state index in [1.54, 1.807) is 24.4 Å². The van der Waals surface area contributed by atoms with Gasteiger partial charge in [-0.1, -0.05) is 0 Å². The van der Waals surface area contributed by atoms with Gasteiger partial charge >= 0.3 is 0 Å². The van der Waals surface area contributed by atoms with E-state index in [1.807, 2.05) is 13.0 Å². The lowest BCUT2D eigenvalue weighted by Crippen LogP contribution is -2.12. The van der Waals surface area contributed by atoms with Crippen LogP contribution in [-0.2, 0) is 0 Å². The highest BCUT2D eigenvalue weighted by Gasteiger charge is 2.11. The number of benzene rings is 1. The van der Waals surface area contributed by atoms with Crippen molar-refractivity contribution in [2.45, 2.75) is 17.0 Å². The second kappa shape index (κ2) is 5.05. The van der Waals surface area contributed by atoms with Crippen molar-refractivity contribution in [3.8, 4) is 0 Å². The molecule has 0 atom stereocenters. The van der Waals surface area contributed by atoms with Crippen LogP contribution in [0.25, 0.3) is 0 Å². The number of anilines is 1. The molecule has 0 fully saturated rings. The van der Waals surface area contributed by atoms with Crippen LogP contribution in [0.4, 0.5) is 5.69 Å². The molecule has 1 amide bonds. The van der Waals surface area contributed by atoms with Gasteiger partial charge in [-0.2, -0.15) is 0 Å². The number of nitrogens with two attached hydrogens (primary N) is 2. The van der Waals surface area contributed by atoms with Crippen LogP contribution in [0.15, 0.2) is 40.5 Å². The Bertz CT molecular complexity index is 600. The number of carbonyl (C=O) groups is 1. The van der Waals surface area contributed by atoms with Gasteiger partial charge in [-0.15, -0.1) is 0 Å². The highest BCUT2D eigenvalue weighted by molar-refractivity contribution is 7.99. The van der Waals surface area contributed by atoms with Crippen molar-refractivity contribution in [1.29, 1.82) is 0 Å². The first kappa shape index (κ1) is 12.4. The zero-order valence-electron chi connectivity index (χ0n) is 9.75. The Hall–Kier alpha value is -2.08. The van der Waals surface area contributed by atoms with E-state index >= 15 is 0 Å². The van der Waals surface area contributed by atoms with E-state index in [0.29, 0.717) is 21.3 Å². The smallest absolute Gasteiger partial charge is 0.249 e. The molecule has 18 heavy (non-hydrogen) atoms. The number of nitrogen functional groups attached to an aromatic ring is 1. The molecule has 0 bridgehead atoms. The van der Waals surface area contributed by atoms with Crippen LogP contribution >= 0.6 is 11.8 Å². The van der Waals surface area contributed by atoms with Gasteiger partial charge in [-0.3, -0.25) is 4.79 Å². The monoisotopic (exact) mass is 260 g/mol. The minimum absolute atomic E-state index is 0.380. The Kier molecular flexibility index (Phi) is 3.47. The quantitative estimate of drug-likeness (QED) is 0.646. The van der Waals surface area contributed by atoms with Gasteiger partial charge in [0.2, 0.25) is 5.91 Å². The predicted molar refractivity (Wildman–Crippen MR) is 70.3 cm³/mol. The molecule has 0 aliphatic carbocycles. The fourth-order valence-electron chi connectivity index (χ4n) is 1.40. The van der Waals surface area contributed by atoms with Gasteiger partial charge in [0.1, 0.15) is 0 Å². The summed E-state index contributed by atoms with van der Waals surface area (Å²) >= 11 is 1.29. The Morgan fingerprint density at radius 2 is 2.11 bits per heavy atom. The van der Waals surface area contributed by atoms with Gasteiger partial charge in [0.05, 0.1) is 5.56 Å². The van der Waals surface area contributed by atoms with E-state index in [-0.39, 0.29) is 0 Å². The topological polar surface area (TPSA) is 94.9 Å². The number of aryl methyl sites for hydroxylation is 1. The van der Waals surface area contributed by atoms with Crippen LogP contribution < -0.4 is 11.5 Å². The third-order valence-electron chi connectivity index (χ3n) is 2.24. The van der Waals surface area contributed by atoms with Crippen LogP contribution in [0.1, 0.15) is 16.1 Å². The van der Waals surface area contributed by atoms with E-state index in [1.165, 1.54) is 11.8 Å². The number of hydrogen-bond acceptors (Lipinski definition) is 5. The molecule has 92 valence electrons. The molecular formula is C12H12N4OS. The van der Waals surface area contributed by atoms with Crippen molar-refractivity contribution in [3.63, 3.8) is 0 Å². The molecule has 0 radical (unpaired) electrons. The summed E-state index contributed by atoms with van der Waals surface area (Å²) in [6, 6.07) is 6.82. The van der Waals surface area contributed by atoms with Crippen molar-refractivity contribution < 1.29 is 4.79 Å². The predicted octanol–water partition coefficient (Wildman–Crippen LogP) is 1.62. The molecule has 0 aliphatic rings. The van der Waals surface area contributed by atoms with Crippen molar-refractivity contribution in [2.24, 2.45) is 5.73 Å². The Morgan fingerprint density at radius 3 is 2.78 bits per heavy atom. The van der Waals surface area contributed by atoms with Gasteiger partial charge in [0.25, 0.3) is 0 Å². The van der Waals surface area contributed by atoms with E-state index in [9.17, 15) is 4.79 Å². The Labute approximate surface area is 109 Å². The first-order valence-corrected chi connectivity index (χ1v) is 6.05. The lowest BCUT2D eigenvalue weighted by atomic mass is 10.2. The van der Waals surface area contributed by atoms with Gasteiger partial charge < -0.3 is 11.5 Å². The molecule has 1 aromatic carbocycles. The van der Waals surface area contributed by atoms with Gasteiger partial charge in [0, 0.05) is 22.5 Å². The summed E-state index contributed by atoms with van der Waals surface area (Å²) in [7, 11) is 0. The Balaban J connectivity index is 2.37. The van der Waals surface area contributed by atoms with Crippen molar-refractivity contribution in [1.82, 2.24) is 9.97 Å². The van der Waals surface area contributed by atoms with E-state index < -0.39 is 5.91 Å². The van der Waals surface area contributed by atoms with Crippen molar-refractivity contribution >= 4 is 23.4 Å². The van der Waals surface area contributed by atoms with Gasteiger partial charge in [0.15, 0.2) is 5.16 Å². The molecule has 1 heterocycles. The number of nitrogens with zero attached hydrogens (tertiary/aromatic N) is 2. The molecule has 2 aromatic rings. The maximum atomic E-state index is 11.3. The minimum atomic E-state index is -0.516. The summed E-state index contributed by atoms with van der Waals surface area (Å²) in [5, 5.41) is 0.572. The van der Waals surface area contributed by atoms with Crippen LogP contribution in [0.3, 0.4) is 0 Å². The molecule has 5 nitrogen and oxygen atoms in total. The summed E-state index contributed by atoms with van der Waals surface area (Å²) in [4.78, 5) is 20.4. The van der Waals surface area contributed by atoms with Crippen molar-refractivity contribution in [2.75, 3.05) is 5.73 Å². The standard InChI is InChI=1S/C12H12N4OS/c1-7-4-5-15-12(16-7)18-10-3-2-8(13)6-9(10)11(14)17/h2-6H,13H2,1H3,(H2,14,17). The van der Waals surface area contributed by atoms with Crippen LogP contribution in [-0.4, -0.2) is 15.9 Å². The normalized spacial score (nSPS) is 10.3. The van der Waals surface area contributed by atoms with Gasteiger partial charge in [-0.25, -0.2) is 9.97 Å². The molecule has 6 heteroatoms. The largest absolute Gasteiger partial charge is 0.399 e. The molecule has 0 spiro atoms. The summed E-state index contributed by atoms with van der Waals surface area (Å²) in [5.41, 5.74) is 12.7. The number of hydrogen-bond donors (Lipinski definition) is 2. The minimum Gasteiger partial charge on any atom is -0.399 e. The van der Waals surface area contributed by atoms with Crippen molar-refractivity contribution in [3.05, 3.63) is 41.7 Å². The summed E-state index contributed by atoms with van der Waals surface area (Å²) in [5.74, 6) is -0.516. The molecule has 1 aromatic heterocycles. The molecule has 4 N–H and O–H groups in total. The molecular weight excluding hydrogens is 248 g/mol. The maximum absolute atomic E-state index is 11.3. The molecule has 0 aliphatic heterocycles. The molecule has 0 saturated carbocycles. The number of amides is 1. The third kappa shape index (κ3) is 2.78. The second-order valence-corrected chi connectivity index (χ2v) is 4.71. The average molecular weight is 260 g/mol. The molecule has 2 rings (SSSR count). The zero-order chi connectivity index (χ0) is 13.1. The van der Waals surface area contributed by atoms with Gasteiger partial charge in [-0.05, 0) is 43.0 Å². The highest BCUT2D eigenvalue weighted by atomic mass is 32.2. The first-order valence-electron chi connectivity index (χ1n) is 5.23. The highest BCUT2D eigenvalue weighted by Crippen LogP contribution is 2.29. The fourth-order valence-corrected chi connectivity index (χ4v) is 2.31. The van der Waals surface area contributed by atoms with Crippen LogP contribution in [0.5, 0.6) is 0 Å². The summed E-state index contributed by atoms with van der Waals surface area (Å²) in [6.07, 6.45) is 1.67. The molecule has 0 unspecified atom stereocenters. The number of rotatable bonds is 3. The number of primary amides is 1. The number of aromatic nitrogens is 2. The van der Waals surface area contributed by atoms with Crippen LogP contribution in [0.2, 0.25) is 0 Å². The SMILES string of the molecule is Cc1ccnc(Sc2ccc(N)cc2C(N)=O)n1. The average Bonchev–Trinajstić information content (AvgIpc) is 2.31. The molecule has 0 saturated heterocycles. The van der Waals surface area contributed by atoms with Crippen LogP contribution in [0, 0.1) is 6.92 Å². The fraction of sp³-hybridized carbons (Fsp3) is 0.0833. The Morgan fingerprint density at radius 1 is 1.33 bits per heavy atom.